The smallest absolute Gasteiger partial charge is 0.341 e. The van der Waals surface area contributed by atoms with Gasteiger partial charge in [0.2, 0.25) is 5.91 Å². The molecule has 3 rings (SSSR count). The number of nitrogens with one attached hydrogen (secondary N) is 1. The molecule has 3 aromatic rings. The molecular weight excluding hydrogens is 386 g/mol. The van der Waals surface area contributed by atoms with E-state index in [0.29, 0.717) is 16.3 Å². The fourth-order valence-electron chi connectivity index (χ4n) is 2.95. The largest absolute Gasteiger partial charge is 0.497 e. The number of thiophene rings is 1. The molecule has 1 N–H and O–H groups in total. The predicted octanol–water partition coefficient (Wildman–Crippen LogP) is 5.17. The summed E-state index contributed by atoms with van der Waals surface area (Å²) in [6.07, 6.45) is 3.11. The van der Waals surface area contributed by atoms with Crippen LogP contribution in [0.4, 0.5) is 5.00 Å². The summed E-state index contributed by atoms with van der Waals surface area (Å²) in [5, 5.41) is 3.28. The highest BCUT2D eigenvalue weighted by Gasteiger charge is 2.24. The Morgan fingerprint density at radius 1 is 1.03 bits per heavy atom. The Bertz CT molecular complexity index is 1050. The van der Waals surface area contributed by atoms with Crippen LogP contribution in [-0.2, 0) is 9.53 Å². The standard InChI is InChI=1S/C23H21NO4S/c1-15-20(17-9-5-4-6-10-17)21(23(26)28-3)22(29-15)24-19(25)13-12-16-8-7-11-18(14-16)27-2/h4-14H,1-3H3,(H,24,25)/b13-12+. The number of methoxy groups -OCH3 is 2. The van der Waals surface area contributed by atoms with E-state index in [1.165, 1.54) is 24.5 Å². The van der Waals surface area contributed by atoms with Crippen molar-refractivity contribution in [2.45, 2.75) is 6.92 Å². The van der Waals surface area contributed by atoms with Gasteiger partial charge in [-0.05, 0) is 36.3 Å². The van der Waals surface area contributed by atoms with Crippen LogP contribution in [0.1, 0.15) is 20.8 Å². The van der Waals surface area contributed by atoms with Crippen molar-refractivity contribution in [3.8, 4) is 16.9 Å². The Hall–Kier alpha value is -3.38. The third-order valence-corrected chi connectivity index (χ3v) is 5.31. The van der Waals surface area contributed by atoms with Gasteiger partial charge >= 0.3 is 5.97 Å². The van der Waals surface area contributed by atoms with Crippen molar-refractivity contribution >= 4 is 34.3 Å². The Morgan fingerprint density at radius 3 is 2.48 bits per heavy atom. The van der Waals surface area contributed by atoms with Gasteiger partial charge in [-0.3, -0.25) is 4.79 Å². The molecule has 6 heteroatoms. The molecule has 0 saturated carbocycles. The van der Waals surface area contributed by atoms with Crippen LogP contribution < -0.4 is 10.1 Å². The Kier molecular flexibility index (Phi) is 6.46. The molecule has 1 aromatic heterocycles. The number of aryl methyl sites for hydroxylation is 1. The molecule has 0 aliphatic carbocycles. The monoisotopic (exact) mass is 407 g/mol. The van der Waals surface area contributed by atoms with E-state index in [0.717, 1.165) is 21.6 Å². The SMILES string of the molecule is COC(=O)c1c(NC(=O)/C=C/c2cccc(OC)c2)sc(C)c1-c1ccccc1. The van der Waals surface area contributed by atoms with Gasteiger partial charge in [-0.1, -0.05) is 42.5 Å². The summed E-state index contributed by atoms with van der Waals surface area (Å²) < 4.78 is 10.2. The van der Waals surface area contributed by atoms with E-state index in [1.807, 2.05) is 61.5 Å². The first-order valence-electron chi connectivity index (χ1n) is 8.93. The number of amides is 1. The summed E-state index contributed by atoms with van der Waals surface area (Å²) in [5.41, 5.74) is 2.87. The summed E-state index contributed by atoms with van der Waals surface area (Å²) >= 11 is 1.35. The van der Waals surface area contributed by atoms with E-state index in [1.54, 1.807) is 13.2 Å². The molecule has 0 saturated heterocycles. The molecule has 0 unspecified atom stereocenters. The average molecular weight is 407 g/mol. The second kappa shape index (κ2) is 9.21. The lowest BCUT2D eigenvalue weighted by atomic mass is 10.0. The van der Waals surface area contributed by atoms with Crippen molar-refractivity contribution in [2.24, 2.45) is 0 Å². The first kappa shape index (κ1) is 20.4. The van der Waals surface area contributed by atoms with Gasteiger partial charge in [0.25, 0.3) is 0 Å². The fourth-order valence-corrected chi connectivity index (χ4v) is 4.02. The van der Waals surface area contributed by atoms with Crippen LogP contribution in [0.25, 0.3) is 17.2 Å². The van der Waals surface area contributed by atoms with E-state index in [2.05, 4.69) is 5.32 Å². The zero-order valence-corrected chi connectivity index (χ0v) is 17.2. The molecule has 0 spiro atoms. The summed E-state index contributed by atoms with van der Waals surface area (Å²) in [6.45, 7) is 1.92. The number of anilines is 1. The van der Waals surface area contributed by atoms with Crippen LogP contribution in [0.15, 0.2) is 60.7 Å². The quantitative estimate of drug-likeness (QED) is 0.452. The number of rotatable bonds is 6. The number of ether oxygens (including phenoxy) is 2. The van der Waals surface area contributed by atoms with Crippen molar-refractivity contribution in [3.05, 3.63) is 76.7 Å². The number of carbonyl (C=O) groups is 2. The van der Waals surface area contributed by atoms with Gasteiger partial charge in [-0.2, -0.15) is 0 Å². The van der Waals surface area contributed by atoms with E-state index in [9.17, 15) is 9.59 Å². The highest BCUT2D eigenvalue weighted by molar-refractivity contribution is 7.17. The number of hydrogen-bond donors (Lipinski definition) is 1. The molecule has 1 amide bonds. The lowest BCUT2D eigenvalue weighted by Crippen LogP contribution is -2.11. The molecule has 0 aliphatic rings. The van der Waals surface area contributed by atoms with Gasteiger partial charge in [0.05, 0.1) is 14.2 Å². The molecule has 0 atom stereocenters. The molecule has 29 heavy (non-hydrogen) atoms. The third-order valence-electron chi connectivity index (χ3n) is 4.29. The van der Waals surface area contributed by atoms with Crippen LogP contribution in [-0.4, -0.2) is 26.1 Å². The maximum Gasteiger partial charge on any atom is 0.341 e. The van der Waals surface area contributed by atoms with Crippen molar-refractivity contribution < 1.29 is 19.1 Å². The van der Waals surface area contributed by atoms with E-state index in [4.69, 9.17) is 9.47 Å². The van der Waals surface area contributed by atoms with Crippen LogP contribution in [0.2, 0.25) is 0 Å². The van der Waals surface area contributed by atoms with Crippen molar-refractivity contribution in [3.63, 3.8) is 0 Å². The van der Waals surface area contributed by atoms with E-state index < -0.39 is 5.97 Å². The minimum atomic E-state index is -0.486. The van der Waals surface area contributed by atoms with Crippen molar-refractivity contribution in [1.82, 2.24) is 0 Å². The summed E-state index contributed by atoms with van der Waals surface area (Å²) in [5.74, 6) is -0.110. The Balaban J connectivity index is 1.89. The average Bonchev–Trinajstić information content (AvgIpc) is 3.07. The van der Waals surface area contributed by atoms with Gasteiger partial charge < -0.3 is 14.8 Å². The summed E-state index contributed by atoms with van der Waals surface area (Å²) in [7, 11) is 2.92. The minimum Gasteiger partial charge on any atom is -0.497 e. The van der Waals surface area contributed by atoms with Gasteiger partial charge in [0, 0.05) is 16.5 Å². The minimum absolute atomic E-state index is 0.334. The van der Waals surface area contributed by atoms with Crippen LogP contribution in [0.5, 0.6) is 5.75 Å². The van der Waals surface area contributed by atoms with Gasteiger partial charge in [0.1, 0.15) is 16.3 Å². The summed E-state index contributed by atoms with van der Waals surface area (Å²) in [4.78, 5) is 25.9. The van der Waals surface area contributed by atoms with Crippen LogP contribution >= 0.6 is 11.3 Å². The second-order valence-corrected chi connectivity index (χ2v) is 7.42. The maximum absolute atomic E-state index is 12.5. The number of hydrogen-bond acceptors (Lipinski definition) is 5. The third kappa shape index (κ3) is 4.73. The first-order valence-corrected chi connectivity index (χ1v) is 9.75. The van der Waals surface area contributed by atoms with Gasteiger partial charge in [-0.15, -0.1) is 11.3 Å². The zero-order chi connectivity index (χ0) is 20.8. The fraction of sp³-hybridized carbons (Fsp3) is 0.130. The zero-order valence-electron chi connectivity index (χ0n) is 16.4. The van der Waals surface area contributed by atoms with Crippen molar-refractivity contribution in [1.29, 1.82) is 0 Å². The lowest BCUT2D eigenvalue weighted by molar-refractivity contribution is -0.111. The molecule has 148 valence electrons. The molecule has 5 nitrogen and oxygen atoms in total. The van der Waals surface area contributed by atoms with Crippen molar-refractivity contribution in [2.75, 3.05) is 19.5 Å². The molecule has 0 bridgehead atoms. The lowest BCUT2D eigenvalue weighted by Gasteiger charge is -2.07. The Morgan fingerprint density at radius 2 is 1.79 bits per heavy atom. The number of benzene rings is 2. The molecule has 0 radical (unpaired) electrons. The molecule has 0 fully saturated rings. The first-order chi connectivity index (χ1) is 14.0. The highest BCUT2D eigenvalue weighted by atomic mass is 32.1. The summed E-state index contributed by atoms with van der Waals surface area (Å²) in [6, 6.07) is 17.0. The normalized spacial score (nSPS) is 10.7. The van der Waals surface area contributed by atoms with E-state index in [-0.39, 0.29) is 5.91 Å². The van der Waals surface area contributed by atoms with Gasteiger partial charge in [0.15, 0.2) is 0 Å². The molecule has 0 aliphatic heterocycles. The molecule has 1 heterocycles. The number of esters is 1. The maximum atomic E-state index is 12.5. The highest BCUT2D eigenvalue weighted by Crippen LogP contribution is 2.40. The number of carbonyl (C=O) groups excluding carboxylic acids is 2. The topological polar surface area (TPSA) is 64.6 Å². The molecule has 2 aromatic carbocycles. The second-order valence-electron chi connectivity index (χ2n) is 6.19. The molecular formula is C23H21NO4S. The van der Waals surface area contributed by atoms with E-state index >= 15 is 0 Å². The Labute approximate surface area is 173 Å². The van der Waals surface area contributed by atoms with Crippen LogP contribution in [0, 0.1) is 6.92 Å². The predicted molar refractivity (Wildman–Crippen MR) is 116 cm³/mol. The van der Waals surface area contributed by atoms with Gasteiger partial charge in [-0.25, -0.2) is 4.79 Å². The van der Waals surface area contributed by atoms with Crippen LogP contribution in [0.3, 0.4) is 0 Å².